The maximum atomic E-state index is 5.73. The summed E-state index contributed by atoms with van der Waals surface area (Å²) in [5.74, 6) is 0. The quantitative estimate of drug-likeness (QED) is 0.562. The Hall–Kier alpha value is -0.200. The summed E-state index contributed by atoms with van der Waals surface area (Å²) in [5, 5.41) is 1.23. The van der Waals surface area contributed by atoms with Gasteiger partial charge in [-0.25, -0.2) is 0 Å². The fourth-order valence-corrected chi connectivity index (χ4v) is 0.610. The van der Waals surface area contributed by atoms with Gasteiger partial charge in [-0.05, 0) is 25.5 Å². The van der Waals surface area contributed by atoms with Crippen molar-refractivity contribution in [2.75, 3.05) is 0 Å². The van der Waals surface area contributed by atoms with E-state index < -0.39 is 0 Å². The average molecular weight is 177 g/mol. The number of hydrogen-bond donors (Lipinski definition) is 0. The molecule has 0 radical (unpaired) electrons. The van der Waals surface area contributed by atoms with Gasteiger partial charge < -0.3 is 0 Å². The first kappa shape index (κ1) is 9.80. The van der Waals surface area contributed by atoms with Gasteiger partial charge in [0.05, 0.1) is 0 Å². The minimum atomic E-state index is 0.600. The molecule has 56 valence electrons. The zero-order chi connectivity index (χ0) is 8.15. The van der Waals surface area contributed by atoms with Gasteiger partial charge in [0.25, 0.3) is 0 Å². The van der Waals surface area contributed by atoms with Crippen LogP contribution in [0, 0.1) is 0 Å². The lowest BCUT2D eigenvalue weighted by Crippen LogP contribution is -1.72. The summed E-state index contributed by atoms with van der Waals surface area (Å²) in [6.45, 7) is 7.34. The molecule has 0 aliphatic rings. The Labute approximate surface area is 71.8 Å². The number of halogens is 2. The zero-order valence-corrected chi connectivity index (χ0v) is 7.63. The van der Waals surface area contributed by atoms with Crippen molar-refractivity contribution in [1.82, 2.24) is 0 Å². The van der Waals surface area contributed by atoms with E-state index >= 15 is 0 Å². The molecule has 0 aromatic carbocycles. The first-order chi connectivity index (χ1) is 4.57. The van der Waals surface area contributed by atoms with Gasteiger partial charge in [-0.1, -0.05) is 35.9 Å². The normalized spacial score (nSPS) is 13.6. The lowest BCUT2D eigenvalue weighted by Gasteiger charge is -1.93. The highest BCUT2D eigenvalue weighted by Gasteiger charge is 1.91. The largest absolute Gasteiger partial charge is 0.0946 e. The third-order valence-electron chi connectivity index (χ3n) is 0.948. The van der Waals surface area contributed by atoms with E-state index in [1.54, 1.807) is 12.2 Å². The van der Waals surface area contributed by atoms with Gasteiger partial charge in [-0.15, -0.1) is 0 Å². The number of rotatable bonds is 2. The van der Waals surface area contributed by atoms with E-state index in [2.05, 4.69) is 6.58 Å². The molecule has 0 unspecified atom stereocenters. The van der Waals surface area contributed by atoms with Crippen LogP contribution in [0.25, 0.3) is 0 Å². The van der Waals surface area contributed by atoms with Gasteiger partial charge in [0.2, 0.25) is 0 Å². The van der Waals surface area contributed by atoms with Crippen molar-refractivity contribution in [2.45, 2.75) is 13.8 Å². The van der Waals surface area contributed by atoms with Gasteiger partial charge in [0, 0.05) is 10.1 Å². The second kappa shape index (κ2) is 4.59. The van der Waals surface area contributed by atoms with E-state index in [1.807, 2.05) is 13.8 Å². The lowest BCUT2D eigenvalue weighted by molar-refractivity contribution is 1.51. The molecule has 0 atom stereocenters. The summed E-state index contributed by atoms with van der Waals surface area (Å²) >= 11 is 11.4. The zero-order valence-electron chi connectivity index (χ0n) is 6.12. The summed E-state index contributed by atoms with van der Waals surface area (Å²) < 4.78 is 0. The first-order valence-electron chi connectivity index (χ1n) is 2.92. The summed E-state index contributed by atoms with van der Waals surface area (Å²) in [6.07, 6.45) is 3.44. The Morgan fingerprint density at radius 1 is 1.40 bits per heavy atom. The van der Waals surface area contributed by atoms with Crippen LogP contribution >= 0.6 is 23.2 Å². The molecule has 0 aliphatic carbocycles. The Kier molecular flexibility index (Phi) is 4.50. The highest BCUT2D eigenvalue weighted by Crippen LogP contribution is 2.16. The maximum absolute atomic E-state index is 5.73. The minimum absolute atomic E-state index is 0.600. The van der Waals surface area contributed by atoms with Crippen molar-refractivity contribution in [2.24, 2.45) is 0 Å². The van der Waals surface area contributed by atoms with Crippen LogP contribution in [0.3, 0.4) is 0 Å². The Morgan fingerprint density at radius 2 is 1.90 bits per heavy atom. The fourth-order valence-electron chi connectivity index (χ4n) is 0.328. The first-order valence-corrected chi connectivity index (χ1v) is 3.68. The van der Waals surface area contributed by atoms with Crippen LogP contribution in [0.2, 0.25) is 0 Å². The van der Waals surface area contributed by atoms with Crippen LogP contribution in [0.15, 0.2) is 34.4 Å². The van der Waals surface area contributed by atoms with Crippen molar-refractivity contribution in [3.8, 4) is 0 Å². The molecule has 0 amide bonds. The lowest BCUT2D eigenvalue weighted by atomic mass is 10.3. The van der Waals surface area contributed by atoms with E-state index in [0.29, 0.717) is 10.1 Å². The molecule has 0 fully saturated rings. The van der Waals surface area contributed by atoms with E-state index in [4.69, 9.17) is 23.2 Å². The molecule has 0 saturated heterocycles. The van der Waals surface area contributed by atoms with E-state index in [-0.39, 0.29) is 0 Å². The molecule has 0 aliphatic heterocycles. The van der Waals surface area contributed by atoms with Crippen LogP contribution < -0.4 is 0 Å². The highest BCUT2D eigenvalue weighted by atomic mass is 35.5. The Balaban J connectivity index is 4.31. The molecule has 0 saturated carbocycles. The number of hydrogen-bond acceptors (Lipinski definition) is 0. The Bertz CT molecular complexity index is 187. The summed E-state index contributed by atoms with van der Waals surface area (Å²) in [7, 11) is 0. The van der Waals surface area contributed by atoms with Crippen LogP contribution in [0.1, 0.15) is 13.8 Å². The maximum Gasteiger partial charge on any atom is 0.0443 e. The minimum Gasteiger partial charge on any atom is -0.0946 e. The van der Waals surface area contributed by atoms with Gasteiger partial charge in [-0.3, -0.25) is 0 Å². The van der Waals surface area contributed by atoms with Crippen LogP contribution in [0.4, 0.5) is 0 Å². The van der Waals surface area contributed by atoms with Crippen molar-refractivity contribution in [3.05, 3.63) is 34.4 Å². The average Bonchev–Trinajstić information content (AvgIpc) is 1.87. The van der Waals surface area contributed by atoms with E-state index in [1.165, 1.54) is 0 Å². The third kappa shape index (κ3) is 3.76. The molecule has 0 aromatic rings. The molecule has 0 bridgehead atoms. The fraction of sp³-hybridized carbons (Fsp3) is 0.250. The molecular formula is C8H10Cl2. The standard InChI is InChI=1S/C8H10Cl2/c1-4-7(9)5-8(10)6(2)3/h4-5H,2H2,1,3H3/b7-4+,8-5+. The van der Waals surface area contributed by atoms with Crippen LogP contribution in [0.5, 0.6) is 0 Å². The van der Waals surface area contributed by atoms with E-state index in [0.717, 1.165) is 5.57 Å². The molecule has 0 rings (SSSR count). The third-order valence-corrected chi connectivity index (χ3v) is 1.71. The molecule has 0 aromatic heterocycles. The summed E-state index contributed by atoms with van der Waals surface area (Å²) in [4.78, 5) is 0. The van der Waals surface area contributed by atoms with Crippen molar-refractivity contribution in [1.29, 1.82) is 0 Å². The van der Waals surface area contributed by atoms with Crippen molar-refractivity contribution in [3.63, 3.8) is 0 Å². The SMILES string of the molecule is C=C(C)/C(Cl)=C\C(Cl)=C/C. The molecule has 2 heteroatoms. The van der Waals surface area contributed by atoms with Crippen molar-refractivity contribution >= 4 is 23.2 Å². The monoisotopic (exact) mass is 176 g/mol. The molecular weight excluding hydrogens is 167 g/mol. The van der Waals surface area contributed by atoms with Crippen molar-refractivity contribution < 1.29 is 0 Å². The molecule has 0 spiro atoms. The van der Waals surface area contributed by atoms with Crippen LogP contribution in [-0.2, 0) is 0 Å². The smallest absolute Gasteiger partial charge is 0.0443 e. The molecule has 10 heavy (non-hydrogen) atoms. The summed E-state index contributed by atoms with van der Waals surface area (Å²) in [6, 6.07) is 0. The van der Waals surface area contributed by atoms with Gasteiger partial charge in [0.15, 0.2) is 0 Å². The highest BCUT2D eigenvalue weighted by molar-refractivity contribution is 6.35. The van der Waals surface area contributed by atoms with Gasteiger partial charge in [-0.2, -0.15) is 0 Å². The van der Waals surface area contributed by atoms with Gasteiger partial charge >= 0.3 is 0 Å². The summed E-state index contributed by atoms with van der Waals surface area (Å²) in [5.41, 5.74) is 0.821. The molecule has 0 N–H and O–H groups in total. The van der Waals surface area contributed by atoms with E-state index in [9.17, 15) is 0 Å². The molecule has 0 heterocycles. The predicted molar refractivity (Wildman–Crippen MR) is 48.4 cm³/mol. The topological polar surface area (TPSA) is 0 Å². The predicted octanol–water partition coefficient (Wildman–Crippen LogP) is 3.83. The van der Waals surface area contributed by atoms with Gasteiger partial charge in [0.1, 0.15) is 0 Å². The second-order valence-electron chi connectivity index (χ2n) is 1.95. The number of allylic oxidation sites excluding steroid dienone is 5. The molecule has 0 nitrogen and oxygen atoms in total. The Morgan fingerprint density at radius 3 is 2.20 bits per heavy atom. The van der Waals surface area contributed by atoms with Crippen LogP contribution in [-0.4, -0.2) is 0 Å². The second-order valence-corrected chi connectivity index (χ2v) is 2.79.